The van der Waals surface area contributed by atoms with Crippen LogP contribution in [0.25, 0.3) is 0 Å². The van der Waals surface area contributed by atoms with Gasteiger partial charge in [-0.1, -0.05) is 20.3 Å². The van der Waals surface area contributed by atoms with Crippen LogP contribution in [-0.2, 0) is 4.79 Å². The second-order valence-electron chi connectivity index (χ2n) is 6.49. The Morgan fingerprint density at radius 3 is 2.43 bits per heavy atom. The first-order valence-corrected chi connectivity index (χ1v) is 8.85. The Hall–Kier alpha value is -1.54. The molecule has 0 radical (unpaired) electrons. The van der Waals surface area contributed by atoms with Gasteiger partial charge in [-0.05, 0) is 45.8 Å². The molecule has 0 N–H and O–H groups in total. The van der Waals surface area contributed by atoms with Crippen molar-refractivity contribution in [2.45, 2.75) is 52.0 Å². The molecular weight excluding hydrogens is 288 g/mol. The average molecular weight is 320 g/mol. The number of amides is 1. The highest BCUT2D eigenvalue weighted by Gasteiger charge is 2.26. The number of nitrogens with zero attached hydrogens (tertiary/aromatic N) is 4. The van der Waals surface area contributed by atoms with Crippen molar-refractivity contribution in [3.8, 4) is 6.07 Å². The summed E-state index contributed by atoms with van der Waals surface area (Å²) in [6.07, 6.45) is 6.93. The molecule has 0 aromatic heterocycles. The van der Waals surface area contributed by atoms with E-state index in [2.05, 4.69) is 36.8 Å². The van der Waals surface area contributed by atoms with Crippen molar-refractivity contribution in [2.75, 3.05) is 40.3 Å². The van der Waals surface area contributed by atoms with Crippen LogP contribution in [-0.4, -0.2) is 66.9 Å². The van der Waals surface area contributed by atoms with Crippen LogP contribution in [0.4, 0.5) is 0 Å². The number of likely N-dealkylation sites (tertiary alicyclic amines) is 1. The molecule has 0 aromatic carbocycles. The summed E-state index contributed by atoms with van der Waals surface area (Å²) < 4.78 is 0. The molecule has 1 fully saturated rings. The first-order valence-electron chi connectivity index (χ1n) is 8.85. The normalized spacial score (nSPS) is 16.9. The minimum atomic E-state index is -0.139. The highest BCUT2D eigenvalue weighted by molar-refractivity contribution is 5.97. The van der Waals surface area contributed by atoms with Crippen molar-refractivity contribution in [3.63, 3.8) is 0 Å². The van der Waals surface area contributed by atoms with Gasteiger partial charge in [0.1, 0.15) is 11.6 Å². The zero-order valence-corrected chi connectivity index (χ0v) is 15.2. The molecular formula is C18H32N4O. The Balaban J connectivity index is 2.75. The Bertz CT molecular complexity index is 433. The molecule has 0 saturated carbocycles. The summed E-state index contributed by atoms with van der Waals surface area (Å²) in [4.78, 5) is 18.8. The van der Waals surface area contributed by atoms with Crippen molar-refractivity contribution in [2.24, 2.45) is 0 Å². The maximum Gasteiger partial charge on any atom is 0.265 e. The van der Waals surface area contributed by atoms with Gasteiger partial charge in [0.2, 0.25) is 0 Å². The van der Waals surface area contributed by atoms with Crippen molar-refractivity contribution < 1.29 is 4.79 Å². The minimum Gasteiger partial charge on any atom is -0.376 e. The first-order chi connectivity index (χ1) is 11.0. The Labute approximate surface area is 141 Å². The van der Waals surface area contributed by atoms with E-state index in [1.165, 1.54) is 0 Å². The summed E-state index contributed by atoms with van der Waals surface area (Å²) in [5.41, 5.74) is 0.260. The van der Waals surface area contributed by atoms with E-state index in [9.17, 15) is 10.1 Å². The maximum absolute atomic E-state index is 12.7. The molecule has 0 aliphatic carbocycles. The number of unbranched alkanes of at least 4 members (excludes halogenated alkanes) is 1. The van der Waals surface area contributed by atoms with E-state index in [1.807, 2.05) is 7.05 Å². The number of likely N-dealkylation sites (N-methyl/N-ethyl adjacent to an activating group) is 1. The molecule has 5 nitrogen and oxygen atoms in total. The number of piperidine rings is 1. The maximum atomic E-state index is 12.7. The zero-order valence-electron chi connectivity index (χ0n) is 15.2. The van der Waals surface area contributed by atoms with Crippen LogP contribution in [0.1, 0.15) is 46.0 Å². The standard InChI is InChI=1S/C18H32N4O/c1-5-7-11-22(10-6-2)15-16(14-19)18(23)21(4)17-8-12-20(3)13-9-17/h15,17H,5-13H2,1-4H3/b16-15-. The van der Waals surface area contributed by atoms with Crippen LogP contribution in [0.15, 0.2) is 11.8 Å². The molecule has 0 unspecified atom stereocenters. The molecule has 1 heterocycles. The SMILES string of the molecule is CCCCN(/C=C(/C#N)C(=O)N(C)C1CCN(C)CC1)CCC. The molecule has 0 bridgehead atoms. The van der Waals surface area contributed by atoms with Gasteiger partial charge in [-0.2, -0.15) is 5.26 Å². The third-order valence-corrected chi connectivity index (χ3v) is 4.53. The minimum absolute atomic E-state index is 0.139. The van der Waals surface area contributed by atoms with Gasteiger partial charge in [-0.3, -0.25) is 4.79 Å². The van der Waals surface area contributed by atoms with E-state index in [-0.39, 0.29) is 17.5 Å². The van der Waals surface area contributed by atoms with Crippen molar-refractivity contribution in [3.05, 3.63) is 11.8 Å². The monoisotopic (exact) mass is 320 g/mol. The molecule has 0 atom stereocenters. The van der Waals surface area contributed by atoms with Gasteiger partial charge < -0.3 is 14.7 Å². The summed E-state index contributed by atoms with van der Waals surface area (Å²) in [6.45, 7) is 8.07. The van der Waals surface area contributed by atoms with Crippen molar-refractivity contribution >= 4 is 5.91 Å². The van der Waals surface area contributed by atoms with E-state index in [4.69, 9.17) is 0 Å². The van der Waals surface area contributed by atoms with Gasteiger partial charge >= 0.3 is 0 Å². The fourth-order valence-corrected chi connectivity index (χ4v) is 2.94. The molecule has 1 rings (SSSR count). The molecule has 1 aliphatic rings. The average Bonchev–Trinajstić information content (AvgIpc) is 2.56. The molecule has 23 heavy (non-hydrogen) atoms. The van der Waals surface area contributed by atoms with E-state index >= 15 is 0 Å². The lowest BCUT2D eigenvalue weighted by Gasteiger charge is -2.35. The second-order valence-corrected chi connectivity index (χ2v) is 6.49. The molecule has 0 aromatic rings. The number of carbonyl (C=O) groups excluding carboxylic acids is 1. The van der Waals surface area contributed by atoms with E-state index in [0.717, 1.165) is 58.3 Å². The van der Waals surface area contributed by atoms with Gasteiger partial charge in [-0.25, -0.2) is 0 Å². The largest absolute Gasteiger partial charge is 0.376 e. The summed E-state index contributed by atoms with van der Waals surface area (Å²) in [7, 11) is 3.94. The van der Waals surface area contributed by atoms with Gasteiger partial charge in [0.05, 0.1) is 0 Å². The zero-order chi connectivity index (χ0) is 17.2. The lowest BCUT2D eigenvalue weighted by Crippen LogP contribution is -2.45. The quantitative estimate of drug-likeness (QED) is 0.509. The Morgan fingerprint density at radius 2 is 1.91 bits per heavy atom. The highest BCUT2D eigenvalue weighted by Crippen LogP contribution is 2.16. The summed E-state index contributed by atoms with van der Waals surface area (Å²) in [6, 6.07) is 2.36. The number of rotatable bonds is 8. The number of carbonyl (C=O) groups is 1. The number of hydrogen-bond donors (Lipinski definition) is 0. The third-order valence-electron chi connectivity index (χ3n) is 4.53. The highest BCUT2D eigenvalue weighted by atomic mass is 16.2. The molecule has 1 saturated heterocycles. The third kappa shape index (κ3) is 6.23. The van der Waals surface area contributed by atoms with Gasteiger partial charge in [0, 0.05) is 32.4 Å². The van der Waals surface area contributed by atoms with E-state index < -0.39 is 0 Å². The van der Waals surface area contributed by atoms with Crippen LogP contribution < -0.4 is 0 Å². The fraction of sp³-hybridized carbons (Fsp3) is 0.778. The summed E-state index contributed by atoms with van der Waals surface area (Å²) >= 11 is 0. The molecule has 5 heteroatoms. The van der Waals surface area contributed by atoms with Gasteiger partial charge in [0.25, 0.3) is 5.91 Å². The molecule has 0 spiro atoms. The van der Waals surface area contributed by atoms with Crippen LogP contribution >= 0.6 is 0 Å². The molecule has 130 valence electrons. The van der Waals surface area contributed by atoms with Crippen LogP contribution in [0, 0.1) is 11.3 Å². The summed E-state index contributed by atoms with van der Waals surface area (Å²) in [5.74, 6) is -0.139. The first kappa shape index (κ1) is 19.5. The lowest BCUT2D eigenvalue weighted by atomic mass is 10.0. The van der Waals surface area contributed by atoms with E-state index in [0.29, 0.717) is 0 Å². The van der Waals surface area contributed by atoms with Crippen LogP contribution in [0.5, 0.6) is 0 Å². The van der Waals surface area contributed by atoms with Crippen molar-refractivity contribution in [1.29, 1.82) is 5.26 Å². The lowest BCUT2D eigenvalue weighted by molar-refractivity contribution is -0.128. The Kier molecular flexibility index (Phi) is 8.71. The Morgan fingerprint density at radius 1 is 1.26 bits per heavy atom. The number of hydrogen-bond acceptors (Lipinski definition) is 4. The summed E-state index contributed by atoms with van der Waals surface area (Å²) in [5, 5.41) is 9.43. The predicted octanol–water partition coefficient (Wildman–Crippen LogP) is 2.46. The molecule has 1 aliphatic heterocycles. The fourth-order valence-electron chi connectivity index (χ4n) is 2.94. The number of nitriles is 1. The van der Waals surface area contributed by atoms with Crippen LogP contribution in [0.3, 0.4) is 0 Å². The van der Waals surface area contributed by atoms with E-state index in [1.54, 1.807) is 11.1 Å². The topological polar surface area (TPSA) is 50.6 Å². The smallest absolute Gasteiger partial charge is 0.265 e. The van der Waals surface area contributed by atoms with Gasteiger partial charge in [-0.15, -0.1) is 0 Å². The van der Waals surface area contributed by atoms with Gasteiger partial charge in [0.15, 0.2) is 0 Å². The predicted molar refractivity (Wildman–Crippen MR) is 93.8 cm³/mol. The van der Waals surface area contributed by atoms with Crippen molar-refractivity contribution in [1.82, 2.24) is 14.7 Å². The van der Waals surface area contributed by atoms with Crippen LogP contribution in [0.2, 0.25) is 0 Å². The molecule has 1 amide bonds. The second kappa shape index (κ2) is 10.3.